The Kier molecular flexibility index (Phi) is 6.61. The first kappa shape index (κ1) is 27.3. The van der Waals surface area contributed by atoms with E-state index in [9.17, 15) is 0 Å². The molecule has 0 saturated carbocycles. The fourth-order valence-corrected chi connectivity index (χ4v) is 10.0. The monoisotopic (exact) mass is 720 g/mol. The SMILES string of the molecule is NC(=Nc1ccccc1[I-]c1ccccc1)c1cccc(-n2c3cc4sc5ccccc5c4cc3c3c4ccccc4ccc32)c1. The molecule has 5 heteroatoms. The minimum absolute atomic E-state index is 0.376. The normalized spacial score (nSPS) is 12.3. The molecule has 9 rings (SSSR count). The Morgan fingerprint density at radius 3 is 2.28 bits per heavy atom. The van der Waals surface area contributed by atoms with Crippen molar-refractivity contribution in [3.8, 4) is 5.69 Å². The first-order valence-corrected chi connectivity index (χ1v) is 18.2. The predicted molar refractivity (Wildman–Crippen MR) is 192 cm³/mol. The zero-order chi connectivity index (χ0) is 30.6. The van der Waals surface area contributed by atoms with Crippen LogP contribution in [0.1, 0.15) is 5.56 Å². The molecule has 3 nitrogen and oxygen atoms in total. The summed E-state index contributed by atoms with van der Waals surface area (Å²) in [5, 5.41) is 7.66. The van der Waals surface area contributed by atoms with Crippen LogP contribution < -0.4 is 26.9 Å². The molecule has 0 saturated heterocycles. The second-order valence-electron chi connectivity index (χ2n) is 11.4. The van der Waals surface area contributed by atoms with Crippen molar-refractivity contribution in [1.82, 2.24) is 4.57 Å². The van der Waals surface area contributed by atoms with E-state index < -0.39 is 0 Å². The van der Waals surface area contributed by atoms with Gasteiger partial charge in [0.1, 0.15) is 0 Å². The summed E-state index contributed by atoms with van der Waals surface area (Å²) in [5.41, 5.74) is 12.1. The molecule has 2 aromatic heterocycles. The zero-order valence-corrected chi connectivity index (χ0v) is 27.7. The maximum absolute atomic E-state index is 6.78. The Labute approximate surface area is 280 Å². The van der Waals surface area contributed by atoms with Crippen molar-refractivity contribution < 1.29 is 21.2 Å². The Hall–Kier alpha value is -4.98. The molecular weight excluding hydrogens is 693 g/mol. The molecule has 7 aromatic carbocycles. The third-order valence-electron chi connectivity index (χ3n) is 8.59. The van der Waals surface area contributed by atoms with Crippen LogP contribution in [0.2, 0.25) is 0 Å². The summed E-state index contributed by atoms with van der Waals surface area (Å²) in [6, 6.07) is 54.2. The molecule has 0 aliphatic heterocycles. The predicted octanol–water partition coefficient (Wildman–Crippen LogP) is 7.47. The molecule has 2 N–H and O–H groups in total. The van der Waals surface area contributed by atoms with Gasteiger partial charge >= 0.3 is 230 Å². The molecule has 46 heavy (non-hydrogen) atoms. The van der Waals surface area contributed by atoms with E-state index in [2.05, 4.69) is 150 Å². The average Bonchev–Trinajstić information content (AvgIpc) is 3.63. The third-order valence-corrected chi connectivity index (χ3v) is 12.6. The summed E-state index contributed by atoms with van der Waals surface area (Å²) in [6.07, 6.45) is 0. The number of fused-ring (bicyclic) bond motifs is 8. The molecule has 9 aromatic rings. The number of halogens is 1. The van der Waals surface area contributed by atoms with Gasteiger partial charge in [0.05, 0.1) is 0 Å². The van der Waals surface area contributed by atoms with E-state index in [1.165, 1.54) is 59.9 Å². The summed E-state index contributed by atoms with van der Waals surface area (Å²) >= 11 is 1.48. The van der Waals surface area contributed by atoms with Crippen molar-refractivity contribution in [2.75, 3.05) is 0 Å². The van der Waals surface area contributed by atoms with Crippen molar-refractivity contribution in [2.24, 2.45) is 10.7 Å². The van der Waals surface area contributed by atoms with E-state index in [1.807, 2.05) is 17.4 Å². The van der Waals surface area contributed by atoms with Gasteiger partial charge in [-0.05, 0) is 6.07 Å². The number of rotatable bonds is 5. The maximum atomic E-state index is 6.78. The van der Waals surface area contributed by atoms with E-state index in [-0.39, 0.29) is 21.2 Å². The van der Waals surface area contributed by atoms with E-state index in [0.29, 0.717) is 5.84 Å². The van der Waals surface area contributed by atoms with Gasteiger partial charge in [0.2, 0.25) is 0 Å². The topological polar surface area (TPSA) is 43.3 Å². The molecule has 0 spiro atoms. The van der Waals surface area contributed by atoms with Gasteiger partial charge in [-0.1, -0.05) is 36.4 Å². The van der Waals surface area contributed by atoms with Crippen molar-refractivity contribution in [3.05, 3.63) is 164 Å². The van der Waals surface area contributed by atoms with Crippen molar-refractivity contribution in [2.45, 2.75) is 0 Å². The van der Waals surface area contributed by atoms with Crippen LogP contribution in [0.3, 0.4) is 0 Å². The van der Waals surface area contributed by atoms with E-state index in [4.69, 9.17) is 10.7 Å². The fourth-order valence-electron chi connectivity index (χ4n) is 6.50. The molecule has 0 radical (unpaired) electrons. The average molecular weight is 721 g/mol. The number of nitrogens with two attached hydrogens (primary N) is 1. The minimum atomic E-state index is -0.376. The molecule has 0 atom stereocenters. The summed E-state index contributed by atoms with van der Waals surface area (Å²) in [6.45, 7) is 0. The molecule has 220 valence electrons. The van der Waals surface area contributed by atoms with Gasteiger partial charge in [0, 0.05) is 10.1 Å². The Morgan fingerprint density at radius 1 is 0.587 bits per heavy atom. The van der Waals surface area contributed by atoms with Crippen molar-refractivity contribution in [1.29, 1.82) is 0 Å². The molecule has 2 heterocycles. The standard InChI is InChI=1S/C41H27IN3S/c43-41(44-35-19-8-7-18-34(35)42-28-13-2-1-3-14-28)27-12-10-15-29(23-27)45-36-22-21-26-11-4-5-16-30(26)40(36)33-24-32-31-17-6-9-20-38(31)46-39(32)25-37(33)45/h1-25H,(H2,43,44)/q-1. The number of thiophene rings is 1. The van der Waals surface area contributed by atoms with E-state index >= 15 is 0 Å². The summed E-state index contributed by atoms with van der Waals surface area (Å²) in [5.74, 6) is 0.518. The van der Waals surface area contributed by atoms with Gasteiger partial charge in [-0.2, -0.15) is 0 Å². The van der Waals surface area contributed by atoms with Crippen LogP contribution in [-0.2, 0) is 0 Å². The van der Waals surface area contributed by atoms with Crippen LogP contribution in [0, 0.1) is 7.14 Å². The number of aromatic nitrogens is 1. The number of benzene rings is 7. The van der Waals surface area contributed by atoms with E-state index in [0.717, 1.165) is 16.9 Å². The van der Waals surface area contributed by atoms with Crippen LogP contribution in [-0.4, -0.2) is 10.4 Å². The fraction of sp³-hybridized carbons (Fsp3) is 0. The molecule has 0 aliphatic carbocycles. The zero-order valence-electron chi connectivity index (χ0n) is 24.7. The molecule has 0 fully saturated rings. The summed E-state index contributed by atoms with van der Waals surface area (Å²) < 4.78 is 7.61. The first-order chi connectivity index (χ1) is 22.7. The summed E-state index contributed by atoms with van der Waals surface area (Å²) in [4.78, 5) is 4.99. The van der Waals surface area contributed by atoms with Crippen LogP contribution >= 0.6 is 11.3 Å². The Bertz CT molecular complexity index is 2630. The third kappa shape index (κ3) is 4.58. The van der Waals surface area contributed by atoms with Gasteiger partial charge in [-0.3, -0.25) is 0 Å². The van der Waals surface area contributed by atoms with Crippen LogP contribution in [0.25, 0.3) is 58.4 Å². The molecule has 0 amide bonds. The van der Waals surface area contributed by atoms with Crippen LogP contribution in [0.15, 0.2) is 157 Å². The summed E-state index contributed by atoms with van der Waals surface area (Å²) in [7, 11) is 0. The number of nitrogens with zero attached hydrogens (tertiary/aromatic N) is 2. The van der Waals surface area contributed by atoms with Gasteiger partial charge < -0.3 is 0 Å². The first-order valence-electron chi connectivity index (χ1n) is 15.2. The number of hydrogen-bond acceptors (Lipinski definition) is 2. The second-order valence-corrected chi connectivity index (χ2v) is 15.4. The number of amidine groups is 1. The second kappa shape index (κ2) is 11.1. The molecular formula is C41H27IN3S-. The molecule has 0 bridgehead atoms. The number of para-hydroxylation sites is 1. The van der Waals surface area contributed by atoms with Gasteiger partial charge in [-0.25, -0.2) is 0 Å². The number of aliphatic imine (C=N–C) groups is 1. The number of hydrogen-bond donors (Lipinski definition) is 1. The Balaban J connectivity index is 1.23. The van der Waals surface area contributed by atoms with Gasteiger partial charge in [0.15, 0.2) is 0 Å². The van der Waals surface area contributed by atoms with E-state index in [1.54, 1.807) is 0 Å². The van der Waals surface area contributed by atoms with Gasteiger partial charge in [-0.15, -0.1) is 0 Å². The van der Waals surface area contributed by atoms with Crippen LogP contribution in [0.4, 0.5) is 5.69 Å². The molecule has 0 aliphatic rings. The quantitative estimate of drug-likeness (QED) is 0.112. The van der Waals surface area contributed by atoms with Crippen molar-refractivity contribution >= 4 is 75.6 Å². The van der Waals surface area contributed by atoms with Gasteiger partial charge in [0.25, 0.3) is 0 Å². The van der Waals surface area contributed by atoms with Crippen LogP contribution in [0.5, 0.6) is 0 Å². The van der Waals surface area contributed by atoms with Crippen molar-refractivity contribution in [3.63, 3.8) is 0 Å². The Morgan fingerprint density at radius 2 is 1.37 bits per heavy atom. The molecule has 0 unspecified atom stereocenters.